The van der Waals surface area contributed by atoms with E-state index in [2.05, 4.69) is 113 Å². The smallest absolute Gasteiger partial charge is 0.0510 e. The molecule has 15 N–H and O–H groups in total. The Morgan fingerprint density at radius 3 is 1.36 bits per heavy atom. The zero-order valence-corrected chi connectivity index (χ0v) is 85.6. The van der Waals surface area contributed by atoms with E-state index in [1.54, 1.807) is 42.9 Å². The number of carbonyl (C=O) groups excluding carboxylic acids is 5. The summed E-state index contributed by atoms with van der Waals surface area (Å²) < 4.78 is 176. The molecule has 5 fully saturated rings. The summed E-state index contributed by atoms with van der Waals surface area (Å²) in [7, 11) is -1.83. The number of benzene rings is 2. The van der Waals surface area contributed by atoms with E-state index in [0.29, 0.717) is 44.4 Å². The Balaban J connectivity index is 0.000000556. The molecule has 5 aliphatic heterocycles. The van der Waals surface area contributed by atoms with Crippen LogP contribution in [-0.2, 0) is 102 Å². The molecule has 5 saturated heterocycles. The number of carbonyl (C=O) groups is 5. The number of halogens is 11. The van der Waals surface area contributed by atoms with Crippen LogP contribution in [0.5, 0.6) is 0 Å². The molecule has 0 radical (unpaired) electrons. The molecule has 0 amide bonds. The summed E-state index contributed by atoms with van der Waals surface area (Å²) in [6.07, 6.45) is -9.01. The van der Waals surface area contributed by atoms with Gasteiger partial charge in [-0.15, -0.1) is 29.4 Å². The number of esters is 4. The molecule has 0 spiro atoms. The van der Waals surface area contributed by atoms with Crippen LogP contribution in [0.2, 0.25) is 19.6 Å². The van der Waals surface area contributed by atoms with E-state index in [9.17, 15) is 84.1 Å². The Kier molecular flexibility index (Phi) is 53.6. The summed E-state index contributed by atoms with van der Waals surface area (Å²) in [4.78, 5) is 122. The number of aliphatic hydroxyl groups is 4. The third-order valence-electron chi connectivity index (χ3n) is 17.2. The van der Waals surface area contributed by atoms with Crippen LogP contribution in [0, 0.1) is 39.7 Å². The van der Waals surface area contributed by atoms with Gasteiger partial charge in [0, 0.05) is 70.7 Å². The number of hydrogen-bond donors (Lipinski definition) is 9. The van der Waals surface area contributed by atoms with Crippen molar-refractivity contribution in [3.05, 3.63) is 170 Å². The van der Waals surface area contributed by atoms with Gasteiger partial charge in [0.1, 0.15) is 74.7 Å². The molecule has 10 heterocycles. The molecule has 11 unspecified atom stereocenters. The quantitative estimate of drug-likeness (QED) is 0.00505. The summed E-state index contributed by atoms with van der Waals surface area (Å²) in [6, 6.07) is 19.1. The van der Waals surface area contributed by atoms with Gasteiger partial charge in [-0.3, -0.25) is 42.3 Å². The standard InChI is InChI=1S/C18H18F2N6O4.C18H23F2N3O6Si.C13H14F2IN3O6.C12H13F2N3O4.C7H7N3.C4H7FO.C2H4O4.C2H2.Cu.HI.2K.H2O/c19-18(20)14(28)13(9-27)30-16(18)26-7-11(15(21)22-17(26)29)12-8-25(24-23-12)6-10-4-2-1-3-5-10;1-10(24)27-9-13-14(28-11(2)25)18(19,20)16(29-13)23-8-12(6-7-30(3,4)5)15(21)22-17(23)26;1-5(20)23-4-8-9(24-6(2)21)13(14,15)11(25-8)19-3-7(16)10(17)18-12(19)22;1-2-3-6-4-17(11(20)16-9(6)15)10-12(13,14)8(19)7(5-18)21-10;8-10-9-6-7-4-2-1-3-5-7;5-4-2-1-3-6-4;1-2(3)5-6-4;1-2;;;;;/h1-5,7-8,13-14,16,27-28H,6,9H2,(H2,21,22,29);8,13-14,16H,9H2,1-5H3,(H2,21,22,26);3,8-9,11H,4H2,1-2H3,(H2,17,18,22);4,7-8,10,18-19H,5H2,1H3,(H2,15,16,20);1-5H,6H2;4H,1-3H2;4H,1H3;1-2H;;1H;;;1H2/q;;;;;;;;+1;;;;/p-1/t13-,14?,16-;;;;;;;;;;;;/m1............/s1. The molecule has 13 atom stereocenters. The third kappa shape index (κ3) is 36.6. The summed E-state index contributed by atoms with van der Waals surface area (Å²) >= 11 is 10.1. The molecule has 2 aromatic carbocycles. The van der Waals surface area contributed by atoms with Gasteiger partial charge >= 0.3 is 173 Å². The number of nitrogens with two attached hydrogens (primary N) is 4. The fraction of sp³-hybridized carbons (Fsp3) is 0.461. The van der Waals surface area contributed by atoms with Gasteiger partial charge in [0.2, 0.25) is 24.9 Å². The van der Waals surface area contributed by atoms with Crippen molar-refractivity contribution in [1.82, 2.24) is 53.2 Å². The molecule has 734 valence electrons. The van der Waals surface area contributed by atoms with Gasteiger partial charge in [0.25, 0.3) is 0 Å². The Morgan fingerprint density at radius 1 is 0.615 bits per heavy atom. The van der Waals surface area contributed by atoms with Crippen molar-refractivity contribution in [3.63, 3.8) is 0 Å². The van der Waals surface area contributed by atoms with Crippen molar-refractivity contribution in [1.29, 1.82) is 0 Å². The topological polar surface area (TPSA) is 643 Å². The number of alkyl halides is 9. The summed E-state index contributed by atoms with van der Waals surface area (Å²) in [5.41, 5.74) is 31.7. The fourth-order valence-electron chi connectivity index (χ4n) is 11.4. The van der Waals surface area contributed by atoms with Crippen molar-refractivity contribution in [3.8, 4) is 47.4 Å². The second-order valence-electron chi connectivity index (χ2n) is 28.2. The monoisotopic (exact) mass is 2260 g/mol. The van der Waals surface area contributed by atoms with Crippen LogP contribution in [0.3, 0.4) is 0 Å². The number of nitrogen functional groups attached to an aromatic ring is 4. The van der Waals surface area contributed by atoms with Crippen LogP contribution in [-0.4, -0.2) is 297 Å². The Labute approximate surface area is 840 Å². The number of aromatic nitrogens is 11. The Morgan fingerprint density at radius 2 is 1.01 bits per heavy atom. The molecule has 7 aromatic rings. The van der Waals surface area contributed by atoms with Gasteiger partial charge in [0.05, 0.1) is 59.4 Å². The van der Waals surface area contributed by atoms with Gasteiger partial charge < -0.3 is 91.5 Å². The SMILES string of the molecule is C#C.CC#Cc1cn(C2OC(CO)C(O)C2(F)F)c(=O)nc1N.CC(=O)OCC1OC(n2cc(C#C[Si](C)(C)C)c(N)nc2=O)C(F)(F)C1OC(C)=O.CC(=O)OCC1OC(n2cc(I)c(N)nc2=O)C(F)(F)C1OC(C)=O.CC(=O)OOO.FC1CCCO1.Nc1nc(=O)n([C@@H]2O[C@H](CO)C(O)C2(F)F)cc1-c1cn(Cc2ccccc2)nn1.O.[Cu][I].[K][K].[N-]=[N+]=NCc1ccccc1. The first-order chi connectivity index (χ1) is 63.0. The molecular formula is C76H90CuF9I2K2N18O26Si. The van der Waals surface area contributed by atoms with Crippen molar-refractivity contribution in [2.24, 2.45) is 5.11 Å². The number of anilines is 4. The van der Waals surface area contributed by atoms with Gasteiger partial charge in [0.15, 0.2) is 30.8 Å². The van der Waals surface area contributed by atoms with Crippen LogP contribution < -0.4 is 45.7 Å². The zero-order chi connectivity index (χ0) is 102. The second kappa shape index (κ2) is 58.8. The Bertz CT molecular complexity index is 5530. The molecular weight excluding hydrogens is 2180 g/mol. The second-order valence-corrected chi connectivity index (χ2v) is 34.1. The first-order valence-electron chi connectivity index (χ1n) is 38.7. The van der Waals surface area contributed by atoms with Gasteiger partial charge in [-0.2, -0.15) is 55.1 Å². The van der Waals surface area contributed by atoms with Crippen molar-refractivity contribution in [2.75, 3.05) is 56.0 Å². The summed E-state index contributed by atoms with van der Waals surface area (Å²) in [5.74, 6) is -12.2. The van der Waals surface area contributed by atoms with Crippen molar-refractivity contribution in [2.45, 2.75) is 191 Å². The van der Waals surface area contributed by atoms with E-state index in [0.717, 1.165) is 77.0 Å². The third-order valence-corrected chi connectivity index (χ3v) is 18.9. The number of aliphatic hydroxyl groups excluding tert-OH is 4. The number of ether oxygens (including phenoxy) is 9. The number of hydrogen-bond acceptors (Lipinski definition) is 36. The van der Waals surface area contributed by atoms with Crippen LogP contribution in [0.15, 0.2) is 116 Å². The Hall–Kier alpha value is -8.00. The minimum Gasteiger partial charge on any atom is -0.0893 e. The average Bonchev–Trinajstić information content (AvgIpc) is 1.62. The zero-order valence-electron chi connectivity index (χ0n) is 73.1. The van der Waals surface area contributed by atoms with Gasteiger partial charge in [-0.05, 0) is 57.6 Å². The van der Waals surface area contributed by atoms with E-state index in [1.807, 2.05) is 80.3 Å². The van der Waals surface area contributed by atoms with E-state index in [4.69, 9.17) is 72.4 Å². The molecule has 5 aliphatic rings. The fourth-order valence-corrected chi connectivity index (χ4v) is 12.3. The van der Waals surface area contributed by atoms with Crippen LogP contribution in [0.1, 0.15) is 102 Å². The first kappa shape index (κ1) is 123. The normalized spacial score (nSPS) is 21.6. The minimum atomic E-state index is -3.84. The molecule has 0 aliphatic carbocycles. The van der Waals surface area contributed by atoms with Crippen LogP contribution >= 0.6 is 42.9 Å². The van der Waals surface area contributed by atoms with Crippen molar-refractivity contribution < 1.29 is 160 Å². The maximum absolute atomic E-state index is 15.1. The maximum Gasteiger partial charge on any atom is 0.0510 e. The van der Waals surface area contributed by atoms with E-state index in [1.165, 1.54) is 81.0 Å². The molecule has 135 heavy (non-hydrogen) atoms. The predicted molar refractivity (Wildman–Crippen MR) is 472 cm³/mol. The molecule has 0 bridgehead atoms. The maximum atomic E-state index is 15.1. The van der Waals surface area contributed by atoms with E-state index >= 15 is 8.78 Å². The van der Waals surface area contributed by atoms with Gasteiger partial charge in [-0.25, -0.2) is 38.3 Å². The molecule has 44 nitrogen and oxygen atoms in total. The first-order valence-corrected chi connectivity index (χ1v) is 62.3. The summed E-state index contributed by atoms with van der Waals surface area (Å²) in [5, 5.41) is 58.8. The molecule has 5 aromatic heterocycles. The van der Waals surface area contributed by atoms with E-state index < -0.39 is 191 Å². The molecule has 12 rings (SSSR count). The number of nitrogens with zero attached hydrogens (tertiary/aromatic N) is 14. The number of azide groups is 1. The largest absolute Gasteiger partial charge is 0.0893 e. The molecule has 59 heteroatoms. The minimum absolute atomic E-state index is 0. The summed E-state index contributed by atoms with van der Waals surface area (Å²) in [6.45, 7) is 11.2. The van der Waals surface area contributed by atoms with Crippen molar-refractivity contribution >= 4 is 167 Å². The van der Waals surface area contributed by atoms with Crippen LogP contribution in [0.4, 0.5) is 62.8 Å². The molecule has 0 saturated carbocycles. The number of rotatable bonds is 18. The van der Waals surface area contributed by atoms with Crippen LogP contribution in [0.25, 0.3) is 21.7 Å². The average molecular weight is 2270 g/mol. The van der Waals surface area contributed by atoms with Gasteiger partial charge in [-0.1, -0.05) is 102 Å². The predicted octanol–water partition coefficient (Wildman–Crippen LogP) is 3.73. The number of terminal acetylenes is 1. The van der Waals surface area contributed by atoms with E-state index in [-0.39, 0.29) is 54.7 Å².